The largest absolute Gasteiger partial charge is 0.461 e. The summed E-state index contributed by atoms with van der Waals surface area (Å²) in [4.78, 5) is 37.7. The minimum Gasteiger partial charge on any atom is -0.461 e. The molecular formula is C27H33N3O4. The van der Waals surface area contributed by atoms with Gasteiger partial charge in [-0.05, 0) is 74.5 Å². The van der Waals surface area contributed by atoms with E-state index in [1.807, 2.05) is 42.5 Å². The van der Waals surface area contributed by atoms with E-state index in [0.29, 0.717) is 31.8 Å². The van der Waals surface area contributed by atoms with E-state index in [9.17, 15) is 14.4 Å². The first-order chi connectivity index (χ1) is 16.6. The maximum absolute atomic E-state index is 12.0. The van der Waals surface area contributed by atoms with E-state index in [4.69, 9.17) is 4.74 Å². The molecule has 2 aromatic carbocycles. The Labute approximate surface area is 200 Å². The van der Waals surface area contributed by atoms with Crippen molar-refractivity contribution in [2.45, 2.75) is 57.1 Å². The Morgan fingerprint density at radius 3 is 2.44 bits per heavy atom. The molecule has 2 amide bonds. The topological polar surface area (TPSA) is 87.7 Å². The summed E-state index contributed by atoms with van der Waals surface area (Å²) in [5.41, 5.74) is 3.23. The van der Waals surface area contributed by atoms with E-state index in [1.54, 1.807) is 0 Å². The zero-order valence-corrected chi connectivity index (χ0v) is 19.5. The van der Waals surface area contributed by atoms with Crippen LogP contribution in [0.5, 0.6) is 0 Å². The number of piperidine rings is 2. The highest BCUT2D eigenvalue weighted by Crippen LogP contribution is 2.29. The number of nitrogens with one attached hydrogen (secondary N) is 2. The Kier molecular flexibility index (Phi) is 8.31. The van der Waals surface area contributed by atoms with E-state index in [0.717, 1.165) is 50.1 Å². The summed E-state index contributed by atoms with van der Waals surface area (Å²) < 4.78 is 5.36. The highest BCUT2D eigenvalue weighted by Gasteiger charge is 2.26. The summed E-state index contributed by atoms with van der Waals surface area (Å²) in [5, 5.41) is 5.61. The average Bonchev–Trinajstić information content (AvgIpc) is 2.86. The van der Waals surface area contributed by atoms with Crippen LogP contribution in [0.25, 0.3) is 0 Å². The Bertz CT molecular complexity index is 969. The average molecular weight is 464 g/mol. The molecule has 0 bridgehead atoms. The Hall–Kier alpha value is -3.19. The molecule has 0 aromatic heterocycles. The summed E-state index contributed by atoms with van der Waals surface area (Å²) in [7, 11) is 0. The van der Waals surface area contributed by atoms with Gasteiger partial charge in [-0.1, -0.05) is 42.5 Å². The van der Waals surface area contributed by atoms with Crippen LogP contribution >= 0.6 is 0 Å². The molecular weight excluding hydrogens is 430 g/mol. The van der Waals surface area contributed by atoms with Crippen molar-refractivity contribution in [3.8, 4) is 0 Å². The van der Waals surface area contributed by atoms with Gasteiger partial charge in [-0.15, -0.1) is 0 Å². The third kappa shape index (κ3) is 6.90. The molecule has 2 aromatic rings. The fourth-order valence-electron chi connectivity index (χ4n) is 4.63. The highest BCUT2D eigenvalue weighted by atomic mass is 16.5. The molecule has 180 valence electrons. The molecule has 1 unspecified atom stereocenters. The Morgan fingerprint density at radius 1 is 1.00 bits per heavy atom. The van der Waals surface area contributed by atoms with Gasteiger partial charge in [0.15, 0.2) is 0 Å². The number of nitrogens with zero attached hydrogens (tertiary/aromatic N) is 1. The van der Waals surface area contributed by atoms with E-state index in [1.165, 1.54) is 5.56 Å². The number of hydrogen-bond acceptors (Lipinski definition) is 6. The maximum atomic E-state index is 12.0. The van der Waals surface area contributed by atoms with Crippen molar-refractivity contribution >= 4 is 23.5 Å². The number of rotatable bonds is 9. The molecule has 34 heavy (non-hydrogen) atoms. The van der Waals surface area contributed by atoms with Gasteiger partial charge in [0.1, 0.15) is 12.6 Å². The minimum absolute atomic E-state index is 0.134. The maximum Gasteiger partial charge on any atom is 0.306 e. The van der Waals surface area contributed by atoms with Gasteiger partial charge >= 0.3 is 5.97 Å². The van der Waals surface area contributed by atoms with Crippen molar-refractivity contribution < 1.29 is 19.1 Å². The SMILES string of the molecule is O=C1CCC(Nc2ccc(C3CCN(CCCC(=O)OCc4ccccc4)CC3)cc2)C(=O)N1. The van der Waals surface area contributed by atoms with Gasteiger partial charge in [0.25, 0.3) is 0 Å². The summed E-state index contributed by atoms with van der Waals surface area (Å²) >= 11 is 0. The predicted octanol–water partition coefficient (Wildman–Crippen LogP) is 3.61. The van der Waals surface area contributed by atoms with Crippen molar-refractivity contribution in [3.63, 3.8) is 0 Å². The van der Waals surface area contributed by atoms with Gasteiger partial charge in [0.05, 0.1) is 0 Å². The number of benzene rings is 2. The molecule has 7 nitrogen and oxygen atoms in total. The van der Waals surface area contributed by atoms with Crippen LogP contribution in [0, 0.1) is 0 Å². The number of likely N-dealkylation sites (tertiary alicyclic amines) is 1. The molecule has 2 N–H and O–H groups in total. The standard InChI is InChI=1S/C27H33N3O4/c31-25-13-12-24(27(33)29-25)28-23-10-8-21(9-11-23)22-14-17-30(18-15-22)16-4-7-26(32)34-19-20-5-2-1-3-6-20/h1-3,5-6,8-11,22,24,28H,4,7,12-19H2,(H,29,31,33). The molecule has 2 aliphatic rings. The molecule has 2 saturated heterocycles. The number of carbonyl (C=O) groups excluding carboxylic acids is 3. The second-order valence-corrected chi connectivity index (χ2v) is 9.14. The van der Waals surface area contributed by atoms with Crippen LogP contribution in [-0.4, -0.2) is 48.4 Å². The molecule has 4 rings (SSSR count). The van der Waals surface area contributed by atoms with E-state index in [-0.39, 0.29) is 23.8 Å². The molecule has 7 heteroatoms. The van der Waals surface area contributed by atoms with Crippen LogP contribution < -0.4 is 10.6 Å². The number of amides is 2. The first-order valence-electron chi connectivity index (χ1n) is 12.2. The third-order valence-corrected chi connectivity index (χ3v) is 6.65. The Balaban J connectivity index is 1.13. The molecule has 0 spiro atoms. The van der Waals surface area contributed by atoms with Crippen molar-refractivity contribution in [2.75, 3.05) is 25.0 Å². The predicted molar refractivity (Wildman–Crippen MR) is 130 cm³/mol. The van der Waals surface area contributed by atoms with Crippen LogP contribution in [-0.2, 0) is 25.7 Å². The smallest absolute Gasteiger partial charge is 0.306 e. The molecule has 2 aliphatic heterocycles. The minimum atomic E-state index is -0.359. The normalized spacial score (nSPS) is 19.5. The lowest BCUT2D eigenvalue weighted by molar-refractivity contribution is -0.145. The first kappa shape index (κ1) is 24.0. The molecule has 0 radical (unpaired) electrons. The second kappa shape index (κ2) is 11.8. The van der Waals surface area contributed by atoms with Gasteiger partial charge < -0.3 is 15.0 Å². The molecule has 2 heterocycles. The number of hydrogen-bond donors (Lipinski definition) is 2. The fourth-order valence-corrected chi connectivity index (χ4v) is 4.63. The van der Waals surface area contributed by atoms with Gasteiger partial charge in [-0.25, -0.2) is 0 Å². The van der Waals surface area contributed by atoms with Crippen LogP contribution in [0.15, 0.2) is 54.6 Å². The van der Waals surface area contributed by atoms with Gasteiger partial charge in [-0.2, -0.15) is 0 Å². The first-order valence-corrected chi connectivity index (χ1v) is 12.2. The lowest BCUT2D eigenvalue weighted by atomic mass is 9.89. The summed E-state index contributed by atoms with van der Waals surface area (Å²) in [6, 6.07) is 17.7. The lowest BCUT2D eigenvalue weighted by Gasteiger charge is -2.32. The number of esters is 1. The van der Waals surface area contributed by atoms with Crippen molar-refractivity contribution in [2.24, 2.45) is 0 Å². The third-order valence-electron chi connectivity index (χ3n) is 6.65. The lowest BCUT2D eigenvalue weighted by Crippen LogP contribution is -2.47. The van der Waals surface area contributed by atoms with E-state index < -0.39 is 0 Å². The second-order valence-electron chi connectivity index (χ2n) is 9.14. The van der Waals surface area contributed by atoms with Crippen molar-refractivity contribution in [3.05, 3.63) is 65.7 Å². The van der Waals surface area contributed by atoms with Gasteiger partial charge in [0.2, 0.25) is 11.8 Å². The zero-order chi connectivity index (χ0) is 23.8. The fraction of sp³-hybridized carbons (Fsp3) is 0.444. The summed E-state index contributed by atoms with van der Waals surface area (Å²) in [5.74, 6) is -0.0635. The van der Waals surface area contributed by atoms with Crippen LogP contribution in [0.1, 0.15) is 55.6 Å². The van der Waals surface area contributed by atoms with Crippen LogP contribution in [0.4, 0.5) is 5.69 Å². The molecule has 1 atom stereocenters. The molecule has 0 saturated carbocycles. The van der Waals surface area contributed by atoms with Crippen molar-refractivity contribution in [1.29, 1.82) is 0 Å². The van der Waals surface area contributed by atoms with Crippen LogP contribution in [0.2, 0.25) is 0 Å². The quantitative estimate of drug-likeness (QED) is 0.436. The monoisotopic (exact) mass is 463 g/mol. The molecule has 2 fully saturated rings. The summed E-state index contributed by atoms with van der Waals surface area (Å²) in [6.45, 7) is 3.31. The number of ether oxygens (including phenoxy) is 1. The molecule has 0 aliphatic carbocycles. The Morgan fingerprint density at radius 2 is 1.74 bits per heavy atom. The van der Waals surface area contributed by atoms with E-state index >= 15 is 0 Å². The number of carbonyl (C=O) groups is 3. The summed E-state index contributed by atoms with van der Waals surface area (Å²) in [6.07, 6.45) is 4.36. The van der Waals surface area contributed by atoms with E-state index in [2.05, 4.69) is 27.7 Å². The number of anilines is 1. The van der Waals surface area contributed by atoms with Gasteiger partial charge in [-0.3, -0.25) is 19.7 Å². The van der Waals surface area contributed by atoms with Crippen molar-refractivity contribution in [1.82, 2.24) is 10.2 Å². The van der Waals surface area contributed by atoms with Crippen LogP contribution in [0.3, 0.4) is 0 Å². The van der Waals surface area contributed by atoms with Gasteiger partial charge in [0, 0.05) is 18.5 Å². The zero-order valence-electron chi connectivity index (χ0n) is 19.5. The number of imide groups is 1. The highest BCUT2D eigenvalue weighted by molar-refractivity contribution is 6.01.